The van der Waals surface area contributed by atoms with Crippen molar-refractivity contribution in [3.8, 4) is 44.9 Å². The number of hydrogen-bond acceptors (Lipinski definition) is 4. The number of aromatic hydroxyl groups is 2. The molecule has 232 valence electrons. The van der Waals surface area contributed by atoms with Crippen molar-refractivity contribution < 1.29 is 62.8 Å². The molecule has 0 spiro atoms. The van der Waals surface area contributed by atoms with Gasteiger partial charge < -0.3 is 33.9 Å². The minimum absolute atomic E-state index is 0. The van der Waals surface area contributed by atoms with Crippen molar-refractivity contribution in [2.75, 3.05) is 0 Å². The molecule has 0 aliphatic rings. The molecule has 6 aromatic rings. The quantitative estimate of drug-likeness (QED) is 0.141. The third-order valence-corrected chi connectivity index (χ3v) is 7.30. The Kier molecular flexibility index (Phi) is 11.2. The molecule has 47 heavy (non-hydrogen) atoms. The van der Waals surface area contributed by atoms with Gasteiger partial charge in [-0.2, -0.15) is 26.3 Å². The number of alkyl halides is 6. The fourth-order valence-corrected chi connectivity index (χ4v) is 5.35. The average Bonchev–Trinajstić information content (AvgIpc) is 3.06. The molecule has 6 aromatic carbocycles. The van der Waals surface area contributed by atoms with Crippen LogP contribution in [0.5, 0.6) is 11.5 Å². The number of benzene rings is 6. The van der Waals surface area contributed by atoms with Gasteiger partial charge in [0.05, 0.1) is 11.1 Å². The largest absolute Gasteiger partial charge is 2.00 e. The van der Waals surface area contributed by atoms with Gasteiger partial charge in [-0.3, -0.25) is 0 Å². The van der Waals surface area contributed by atoms with Crippen LogP contribution in [0.4, 0.5) is 26.3 Å². The summed E-state index contributed by atoms with van der Waals surface area (Å²) in [5.74, 6) is -0.760. The van der Waals surface area contributed by atoms with Crippen LogP contribution >= 0.6 is 0 Å². The molecule has 2 N–H and O–H groups in total. The summed E-state index contributed by atoms with van der Waals surface area (Å²) in [5.41, 5.74) is -1.10. The monoisotopic (exact) mass is 716 g/mol. The maximum Gasteiger partial charge on any atom is 2.00 e. The zero-order chi connectivity index (χ0) is 33.8. The normalized spacial score (nSPS) is 11.0. The van der Waals surface area contributed by atoms with E-state index in [-0.39, 0.29) is 71.1 Å². The van der Waals surface area contributed by atoms with Gasteiger partial charge in [-0.05, 0) is 69.1 Å². The zero-order valence-corrected chi connectivity index (χ0v) is 26.4. The van der Waals surface area contributed by atoms with Crippen LogP contribution in [0, 0.1) is 23.7 Å². The standard InChI is InChI=1S/C34H20F6O2.2CN.Zr/c35-33(36,37)23-11-5-9-19(15-23)27-17-21-7-1-3-13-25(21)29(31(27)41)30-26-14-4-2-8-22(26)18-28(32(30)42)20-10-6-12-24(16-20)34(38,39)40;2*1-2;/h1-18,41-42H;;;/q;2*-1;+2. The number of nitrogens with zero attached hydrogens (tertiary/aromatic N) is 2. The topological polar surface area (TPSA) is 88.0 Å². The van der Waals surface area contributed by atoms with E-state index in [0.29, 0.717) is 21.5 Å². The number of halogens is 6. The summed E-state index contributed by atoms with van der Waals surface area (Å²) < 4.78 is 81.3. The average molecular weight is 718 g/mol. The molecule has 0 aliphatic carbocycles. The summed E-state index contributed by atoms with van der Waals surface area (Å²) in [5, 5.41) is 38.1. The molecular weight excluding hydrogens is 698 g/mol. The predicted octanol–water partition coefficient (Wildman–Crippen LogP) is 10.6. The summed E-state index contributed by atoms with van der Waals surface area (Å²) in [7, 11) is 0. The smallest absolute Gasteiger partial charge is 0.512 e. The molecule has 0 bridgehead atoms. The first-order chi connectivity index (χ1) is 21.9. The Morgan fingerprint density at radius 2 is 0.809 bits per heavy atom. The van der Waals surface area contributed by atoms with Crippen LogP contribution in [0.3, 0.4) is 0 Å². The Balaban J connectivity index is 0.00000116. The van der Waals surface area contributed by atoms with E-state index >= 15 is 0 Å². The van der Waals surface area contributed by atoms with Crippen molar-refractivity contribution in [1.82, 2.24) is 0 Å². The maximum atomic E-state index is 13.6. The van der Waals surface area contributed by atoms with Gasteiger partial charge in [0.1, 0.15) is 11.5 Å². The van der Waals surface area contributed by atoms with E-state index in [1.54, 1.807) is 60.7 Å². The van der Waals surface area contributed by atoms with Gasteiger partial charge in [0, 0.05) is 22.3 Å². The minimum Gasteiger partial charge on any atom is -0.512 e. The van der Waals surface area contributed by atoms with Gasteiger partial charge in [-0.15, -0.1) is 0 Å². The van der Waals surface area contributed by atoms with Crippen LogP contribution in [0.25, 0.3) is 54.9 Å². The third kappa shape index (κ3) is 7.16. The van der Waals surface area contributed by atoms with Gasteiger partial charge >= 0.3 is 38.6 Å². The molecule has 0 saturated carbocycles. The first kappa shape index (κ1) is 36.4. The van der Waals surface area contributed by atoms with Crippen molar-refractivity contribution in [3.05, 3.63) is 133 Å². The van der Waals surface area contributed by atoms with Crippen LogP contribution in [-0.2, 0) is 38.6 Å². The number of rotatable bonds is 3. The van der Waals surface area contributed by atoms with Crippen molar-refractivity contribution in [2.45, 2.75) is 12.4 Å². The fraction of sp³-hybridized carbons (Fsp3) is 0.0556. The van der Waals surface area contributed by atoms with E-state index in [4.69, 9.17) is 23.7 Å². The Bertz CT molecular complexity index is 1950. The van der Waals surface area contributed by atoms with E-state index in [1.165, 1.54) is 24.3 Å². The van der Waals surface area contributed by atoms with Crippen LogP contribution in [0.2, 0.25) is 0 Å². The van der Waals surface area contributed by atoms with Crippen molar-refractivity contribution in [1.29, 1.82) is 10.5 Å². The molecule has 11 heteroatoms. The Hall–Kier alpha value is -5.12. The summed E-state index contributed by atoms with van der Waals surface area (Å²) >= 11 is 0. The van der Waals surface area contributed by atoms with Crippen LogP contribution < -0.4 is 0 Å². The third-order valence-electron chi connectivity index (χ3n) is 7.30. The SMILES string of the molecule is Oc1c(-c2cccc(C(F)(F)F)c2)cc2ccccc2c1-c1c(O)c(-c2cccc(C(F)(F)F)c2)cc2ccccc12.[C-]#N.[C-]#N.[Zr+2]. The summed E-state index contributed by atoms with van der Waals surface area (Å²) in [6.07, 6.45) is -9.22. The molecule has 0 radical (unpaired) electrons. The van der Waals surface area contributed by atoms with Gasteiger partial charge in [0.25, 0.3) is 0 Å². The van der Waals surface area contributed by atoms with Gasteiger partial charge in [-0.25, -0.2) is 0 Å². The second-order valence-electron chi connectivity index (χ2n) is 9.89. The van der Waals surface area contributed by atoms with E-state index in [1.807, 2.05) is 0 Å². The first-order valence-corrected chi connectivity index (χ1v) is 13.2. The molecule has 0 amide bonds. The molecule has 0 unspecified atom stereocenters. The molecule has 0 saturated heterocycles. The number of fused-ring (bicyclic) bond motifs is 2. The number of hydrogen-bond donors (Lipinski definition) is 2. The van der Waals surface area contributed by atoms with Crippen LogP contribution in [0.1, 0.15) is 11.1 Å². The van der Waals surface area contributed by atoms with E-state index in [0.717, 1.165) is 24.3 Å². The second-order valence-corrected chi connectivity index (χ2v) is 9.89. The molecular formula is C36H20F6N2O2Zr. The van der Waals surface area contributed by atoms with Gasteiger partial charge in [-0.1, -0.05) is 72.8 Å². The van der Waals surface area contributed by atoms with Crippen molar-refractivity contribution in [3.63, 3.8) is 0 Å². The van der Waals surface area contributed by atoms with E-state index in [2.05, 4.69) is 0 Å². The molecule has 0 aromatic heterocycles. The number of phenols is 2. The van der Waals surface area contributed by atoms with E-state index < -0.39 is 23.5 Å². The van der Waals surface area contributed by atoms with Gasteiger partial charge in [0.15, 0.2) is 0 Å². The molecule has 6 rings (SSSR count). The summed E-state index contributed by atoms with van der Waals surface area (Å²) in [6, 6.07) is 26.0. The first-order valence-electron chi connectivity index (χ1n) is 13.2. The number of phenolic OH excluding ortho intramolecular Hbond substituents is 2. The van der Waals surface area contributed by atoms with E-state index in [9.17, 15) is 36.6 Å². The zero-order valence-electron chi connectivity index (χ0n) is 23.9. The van der Waals surface area contributed by atoms with Crippen molar-refractivity contribution in [2.24, 2.45) is 0 Å². The minimum atomic E-state index is -4.61. The fourth-order valence-electron chi connectivity index (χ4n) is 5.35. The second kappa shape index (κ2) is 14.5. The summed E-state index contributed by atoms with van der Waals surface area (Å²) in [4.78, 5) is 0. The summed E-state index contributed by atoms with van der Waals surface area (Å²) in [6.45, 7) is 9.50. The Morgan fingerprint density at radius 3 is 1.15 bits per heavy atom. The molecule has 0 atom stereocenters. The molecule has 0 fully saturated rings. The molecule has 4 nitrogen and oxygen atoms in total. The Morgan fingerprint density at radius 1 is 0.468 bits per heavy atom. The molecule has 0 aliphatic heterocycles. The maximum absolute atomic E-state index is 13.6. The predicted molar refractivity (Wildman–Crippen MR) is 161 cm³/mol. The molecule has 0 heterocycles. The van der Waals surface area contributed by atoms with Crippen LogP contribution in [0.15, 0.2) is 109 Å². The Labute approximate surface area is 284 Å². The van der Waals surface area contributed by atoms with Crippen molar-refractivity contribution >= 4 is 21.5 Å². The van der Waals surface area contributed by atoms with Crippen LogP contribution in [-0.4, -0.2) is 10.2 Å². The van der Waals surface area contributed by atoms with Gasteiger partial charge in [0.2, 0.25) is 0 Å².